The Balaban J connectivity index is 1.84. The van der Waals surface area contributed by atoms with Crippen molar-refractivity contribution in [1.82, 2.24) is 0 Å². The minimum absolute atomic E-state index is 0.0494. The summed E-state index contributed by atoms with van der Waals surface area (Å²) in [5, 5.41) is 1.52. The average molecular weight is 366 g/mol. The summed E-state index contributed by atoms with van der Waals surface area (Å²) in [6.45, 7) is 4.39. The van der Waals surface area contributed by atoms with Gasteiger partial charge in [0.15, 0.2) is 0 Å². The quantitative estimate of drug-likeness (QED) is 0.761. The highest BCUT2D eigenvalue weighted by Gasteiger charge is 2.29. The normalized spacial score (nSPS) is 13.5. The fourth-order valence-electron chi connectivity index (χ4n) is 3.37. The van der Waals surface area contributed by atoms with Gasteiger partial charge in [-0.2, -0.15) is 0 Å². The Bertz CT molecular complexity index is 1140. The van der Waals surface area contributed by atoms with Gasteiger partial charge in [-0.15, -0.1) is 0 Å². The molecule has 0 bridgehead atoms. The molecular weight excluding hydrogens is 348 g/mol. The zero-order valence-corrected chi connectivity index (χ0v) is 15.3. The van der Waals surface area contributed by atoms with Gasteiger partial charge < -0.3 is 4.90 Å². The van der Waals surface area contributed by atoms with Crippen LogP contribution >= 0.6 is 0 Å². The highest BCUT2D eigenvalue weighted by Crippen LogP contribution is 2.40. The SMILES string of the molecule is CCN1C(=O)c2cccc3c(NS(=O)(=O)c4ccc(C)cc4)ccc1c23. The van der Waals surface area contributed by atoms with E-state index in [0.29, 0.717) is 17.8 Å². The number of rotatable bonds is 4. The lowest BCUT2D eigenvalue weighted by Gasteiger charge is -2.16. The molecule has 4 rings (SSSR count). The van der Waals surface area contributed by atoms with E-state index in [2.05, 4.69) is 4.72 Å². The zero-order valence-electron chi connectivity index (χ0n) is 14.5. The molecule has 3 aromatic rings. The largest absolute Gasteiger partial charge is 0.308 e. The van der Waals surface area contributed by atoms with E-state index in [1.807, 2.05) is 19.9 Å². The minimum atomic E-state index is -3.71. The summed E-state index contributed by atoms with van der Waals surface area (Å²) in [7, 11) is -3.71. The molecule has 5 nitrogen and oxygen atoms in total. The van der Waals surface area contributed by atoms with Crippen molar-refractivity contribution in [3.05, 3.63) is 65.7 Å². The maximum Gasteiger partial charge on any atom is 0.261 e. The molecule has 6 heteroatoms. The van der Waals surface area contributed by atoms with Gasteiger partial charge in [0.25, 0.3) is 15.9 Å². The molecule has 0 spiro atoms. The van der Waals surface area contributed by atoms with Crippen LogP contribution in [0.4, 0.5) is 11.4 Å². The van der Waals surface area contributed by atoms with Gasteiger partial charge >= 0.3 is 0 Å². The van der Waals surface area contributed by atoms with Crippen LogP contribution in [0.5, 0.6) is 0 Å². The van der Waals surface area contributed by atoms with Crippen LogP contribution in [0.1, 0.15) is 22.8 Å². The smallest absolute Gasteiger partial charge is 0.261 e. The molecule has 1 aliphatic rings. The Labute approximate surface area is 152 Å². The fourth-order valence-corrected chi connectivity index (χ4v) is 4.45. The Morgan fingerprint density at radius 1 is 1.00 bits per heavy atom. The first-order valence-corrected chi connectivity index (χ1v) is 9.88. The molecule has 0 fully saturated rings. The van der Waals surface area contributed by atoms with Crippen molar-refractivity contribution in [2.24, 2.45) is 0 Å². The van der Waals surface area contributed by atoms with Gasteiger partial charge in [0.1, 0.15) is 0 Å². The second-order valence-electron chi connectivity index (χ2n) is 6.33. The third-order valence-electron chi connectivity index (χ3n) is 4.68. The van der Waals surface area contributed by atoms with Crippen LogP contribution in [-0.2, 0) is 10.0 Å². The molecule has 0 unspecified atom stereocenters. The van der Waals surface area contributed by atoms with E-state index in [9.17, 15) is 13.2 Å². The second kappa shape index (κ2) is 5.85. The van der Waals surface area contributed by atoms with Crippen molar-refractivity contribution in [2.45, 2.75) is 18.7 Å². The van der Waals surface area contributed by atoms with E-state index in [-0.39, 0.29) is 10.8 Å². The number of hydrogen-bond acceptors (Lipinski definition) is 3. The van der Waals surface area contributed by atoms with Gasteiger partial charge in [-0.05, 0) is 44.2 Å². The molecule has 1 heterocycles. The molecule has 0 atom stereocenters. The fraction of sp³-hybridized carbons (Fsp3) is 0.150. The van der Waals surface area contributed by atoms with Gasteiger partial charge in [0.05, 0.1) is 16.3 Å². The molecule has 0 saturated heterocycles. The number of nitrogens with zero attached hydrogens (tertiary/aromatic N) is 1. The summed E-state index contributed by atoms with van der Waals surface area (Å²) in [5.41, 5.74) is 2.89. The lowest BCUT2D eigenvalue weighted by atomic mass is 10.0. The summed E-state index contributed by atoms with van der Waals surface area (Å²) < 4.78 is 28.1. The third kappa shape index (κ3) is 2.45. The van der Waals surface area contributed by atoms with Crippen molar-refractivity contribution in [3.63, 3.8) is 0 Å². The van der Waals surface area contributed by atoms with Crippen LogP contribution in [0.25, 0.3) is 10.8 Å². The average Bonchev–Trinajstić information content (AvgIpc) is 2.91. The Kier molecular flexibility index (Phi) is 3.73. The third-order valence-corrected chi connectivity index (χ3v) is 6.06. The van der Waals surface area contributed by atoms with Crippen LogP contribution in [-0.4, -0.2) is 20.9 Å². The number of hydrogen-bond donors (Lipinski definition) is 1. The number of carbonyl (C=O) groups is 1. The summed E-state index contributed by atoms with van der Waals surface area (Å²) >= 11 is 0. The first-order valence-electron chi connectivity index (χ1n) is 8.39. The predicted octanol–water partition coefficient (Wildman–Crippen LogP) is 3.93. The number of benzene rings is 3. The van der Waals surface area contributed by atoms with E-state index in [4.69, 9.17) is 0 Å². The van der Waals surface area contributed by atoms with Crippen molar-refractivity contribution in [1.29, 1.82) is 0 Å². The first kappa shape index (κ1) is 16.6. The maximum absolute atomic E-state index is 12.7. The van der Waals surface area contributed by atoms with Crippen molar-refractivity contribution < 1.29 is 13.2 Å². The van der Waals surface area contributed by atoms with E-state index >= 15 is 0 Å². The molecule has 132 valence electrons. The summed E-state index contributed by atoms with van der Waals surface area (Å²) in [6, 6.07) is 15.6. The topological polar surface area (TPSA) is 66.5 Å². The number of aryl methyl sites for hydroxylation is 1. The highest BCUT2D eigenvalue weighted by atomic mass is 32.2. The number of anilines is 2. The molecule has 0 saturated carbocycles. The van der Waals surface area contributed by atoms with Crippen molar-refractivity contribution in [2.75, 3.05) is 16.2 Å². The van der Waals surface area contributed by atoms with Crippen molar-refractivity contribution >= 4 is 38.1 Å². The van der Waals surface area contributed by atoms with Gasteiger partial charge in [0, 0.05) is 22.9 Å². The van der Waals surface area contributed by atoms with Gasteiger partial charge in [-0.25, -0.2) is 8.42 Å². The summed E-state index contributed by atoms with van der Waals surface area (Å²) in [4.78, 5) is 14.5. The van der Waals surface area contributed by atoms with Crippen LogP contribution in [0.2, 0.25) is 0 Å². The molecule has 26 heavy (non-hydrogen) atoms. The lowest BCUT2D eigenvalue weighted by molar-refractivity contribution is 0.0994. The van der Waals surface area contributed by atoms with E-state index in [1.54, 1.807) is 53.4 Å². The maximum atomic E-state index is 12.7. The molecule has 1 amide bonds. The summed E-state index contributed by atoms with van der Waals surface area (Å²) in [5.74, 6) is -0.0494. The first-order chi connectivity index (χ1) is 12.4. The van der Waals surface area contributed by atoms with Gasteiger partial charge in [-0.1, -0.05) is 29.8 Å². The highest BCUT2D eigenvalue weighted by molar-refractivity contribution is 7.92. The monoisotopic (exact) mass is 366 g/mol. The molecule has 0 aliphatic carbocycles. The van der Waals surface area contributed by atoms with Gasteiger partial charge in [0.2, 0.25) is 0 Å². The summed E-state index contributed by atoms with van der Waals surface area (Å²) in [6.07, 6.45) is 0. The molecule has 1 N–H and O–H groups in total. The number of nitrogens with one attached hydrogen (secondary N) is 1. The molecule has 0 radical (unpaired) electrons. The Morgan fingerprint density at radius 3 is 2.42 bits per heavy atom. The second-order valence-corrected chi connectivity index (χ2v) is 8.01. The lowest BCUT2D eigenvalue weighted by Crippen LogP contribution is -2.25. The van der Waals surface area contributed by atoms with Gasteiger partial charge in [-0.3, -0.25) is 9.52 Å². The van der Waals surface area contributed by atoms with Crippen LogP contribution in [0.15, 0.2) is 59.5 Å². The molecule has 0 aromatic heterocycles. The van der Waals surface area contributed by atoms with Crippen LogP contribution < -0.4 is 9.62 Å². The van der Waals surface area contributed by atoms with Crippen LogP contribution in [0.3, 0.4) is 0 Å². The Hall–Kier alpha value is -2.86. The number of amides is 1. The molecule has 3 aromatic carbocycles. The standard InChI is InChI=1S/C20H18N2O3S/c1-3-22-18-12-11-17(15-5-4-6-16(19(15)18)20(22)23)21-26(24,25)14-9-7-13(2)8-10-14/h4-12,21H,3H2,1-2H3. The van der Waals surface area contributed by atoms with E-state index < -0.39 is 10.0 Å². The molecular formula is C20H18N2O3S. The minimum Gasteiger partial charge on any atom is -0.308 e. The number of carbonyl (C=O) groups excluding carboxylic acids is 1. The molecule has 1 aliphatic heterocycles. The Morgan fingerprint density at radius 2 is 1.73 bits per heavy atom. The van der Waals surface area contributed by atoms with E-state index in [1.165, 1.54) is 0 Å². The predicted molar refractivity (Wildman–Crippen MR) is 103 cm³/mol. The zero-order chi connectivity index (χ0) is 18.5. The van der Waals surface area contributed by atoms with Crippen molar-refractivity contribution in [3.8, 4) is 0 Å². The number of sulfonamides is 1. The van der Waals surface area contributed by atoms with E-state index in [0.717, 1.165) is 22.0 Å². The van der Waals surface area contributed by atoms with Crippen LogP contribution in [0, 0.1) is 6.92 Å².